The number of hydrogen-bond acceptors (Lipinski definition) is 1. The van der Waals surface area contributed by atoms with Crippen molar-refractivity contribution in [2.75, 3.05) is 20.6 Å². The van der Waals surface area contributed by atoms with E-state index in [1.807, 2.05) is 0 Å². The fraction of sp³-hybridized carbons (Fsp3) is 0.933. The molecule has 0 radical (unpaired) electrons. The van der Waals surface area contributed by atoms with Crippen LogP contribution in [0.25, 0.3) is 0 Å². The molecular formula is C15H32I2NRh-. The zero-order valence-corrected chi connectivity index (χ0v) is 19.5. The molecule has 1 aliphatic rings. The van der Waals surface area contributed by atoms with Crippen molar-refractivity contribution in [1.29, 1.82) is 0 Å². The molecule has 0 aliphatic heterocycles. The van der Waals surface area contributed by atoms with Gasteiger partial charge in [0, 0.05) is 0 Å². The van der Waals surface area contributed by atoms with Crippen LogP contribution in [-0.2, 0) is 10.1 Å². The molecule has 0 amide bonds. The van der Waals surface area contributed by atoms with Crippen LogP contribution in [0, 0.1) is 37.0 Å². The molecule has 1 fully saturated rings. The summed E-state index contributed by atoms with van der Waals surface area (Å²) in [6.45, 7) is 11.1. The van der Waals surface area contributed by atoms with Gasteiger partial charge in [-0.05, 0) is 63.1 Å². The van der Waals surface area contributed by atoms with Crippen LogP contribution in [0.2, 0.25) is 0 Å². The molecule has 1 rings (SSSR count). The van der Waals surface area contributed by atoms with E-state index >= 15 is 0 Å². The summed E-state index contributed by atoms with van der Waals surface area (Å²) in [4.78, 5) is 2.30. The fourth-order valence-corrected chi connectivity index (χ4v) is 3.39. The molecule has 4 unspecified atom stereocenters. The maximum absolute atomic E-state index is 2.46. The van der Waals surface area contributed by atoms with Crippen LogP contribution in [0.15, 0.2) is 0 Å². The molecule has 4 heteroatoms. The normalized spacial score (nSPS) is 33.8. The summed E-state index contributed by atoms with van der Waals surface area (Å²) in [5.74, 6) is 4.66. The van der Waals surface area contributed by atoms with Gasteiger partial charge in [-0.3, -0.25) is 0 Å². The van der Waals surface area contributed by atoms with Crippen LogP contribution >= 0.6 is 39.5 Å². The van der Waals surface area contributed by atoms with Gasteiger partial charge < -0.3 is 12.3 Å². The summed E-state index contributed by atoms with van der Waals surface area (Å²) < 4.78 is 0. The predicted molar refractivity (Wildman–Crippen MR) is 102 cm³/mol. The molecule has 1 saturated carbocycles. The van der Waals surface area contributed by atoms with Gasteiger partial charge in [0.05, 0.1) is 0 Å². The molecule has 121 valence electrons. The monoisotopic (exact) mass is 583 g/mol. The van der Waals surface area contributed by atoms with Crippen LogP contribution in [-0.4, -0.2) is 25.5 Å². The summed E-state index contributed by atoms with van der Waals surface area (Å²) in [5, 5.41) is 0. The number of hydrogen-bond donors (Lipinski definition) is 0. The second-order valence-electron chi connectivity index (χ2n) is 6.09. The summed E-state index contributed by atoms with van der Waals surface area (Å²) >= 11 is 4.69. The summed E-state index contributed by atoms with van der Waals surface area (Å²) in [5.41, 5.74) is 0. The fourth-order valence-electron chi connectivity index (χ4n) is 3.39. The van der Waals surface area contributed by atoms with Crippen molar-refractivity contribution >= 4 is 39.5 Å². The first-order chi connectivity index (χ1) is 8.36. The van der Waals surface area contributed by atoms with Crippen molar-refractivity contribution in [2.24, 2.45) is 29.6 Å². The van der Waals surface area contributed by atoms with E-state index in [9.17, 15) is 0 Å². The third-order valence-electron chi connectivity index (χ3n) is 4.98. The quantitative estimate of drug-likeness (QED) is 0.233. The van der Waals surface area contributed by atoms with Gasteiger partial charge in [-0.15, -0.1) is 0 Å². The zero-order chi connectivity index (χ0) is 14.3. The van der Waals surface area contributed by atoms with Gasteiger partial charge in [-0.25, -0.2) is 0 Å². The van der Waals surface area contributed by atoms with Crippen LogP contribution in [0.5, 0.6) is 0 Å². The molecule has 0 aromatic heterocycles. The SMILES string of the molecule is CC1C(C)C(C)C(CCCN(C)C)C1C.[CH3-].[I][Rh][I]. The van der Waals surface area contributed by atoms with Crippen molar-refractivity contribution in [3.05, 3.63) is 7.43 Å². The third kappa shape index (κ3) is 8.30. The second-order valence-corrected chi connectivity index (χ2v) is 18.7. The first-order valence-electron chi connectivity index (χ1n) is 6.85. The molecule has 0 aromatic carbocycles. The Kier molecular flexibility index (Phi) is 15.4. The van der Waals surface area contributed by atoms with E-state index in [0.717, 1.165) is 39.7 Å². The minimum absolute atomic E-state index is 0. The average Bonchev–Trinajstić information content (AvgIpc) is 2.47. The molecule has 0 saturated heterocycles. The van der Waals surface area contributed by atoms with E-state index in [-0.39, 0.29) is 7.43 Å². The first-order valence-corrected chi connectivity index (χ1v) is 16.6. The van der Waals surface area contributed by atoms with E-state index in [1.54, 1.807) is 0 Å². The second kappa shape index (κ2) is 12.6. The molecule has 0 spiro atoms. The Morgan fingerprint density at radius 3 is 1.58 bits per heavy atom. The molecule has 1 nitrogen and oxygen atoms in total. The van der Waals surface area contributed by atoms with Gasteiger partial charge in [0.25, 0.3) is 0 Å². The third-order valence-corrected chi connectivity index (χ3v) is 4.98. The number of nitrogens with zero attached hydrogens (tertiary/aromatic N) is 1. The Balaban J connectivity index is 0. The van der Waals surface area contributed by atoms with E-state index < -0.39 is 0 Å². The Morgan fingerprint density at radius 2 is 1.26 bits per heavy atom. The van der Waals surface area contributed by atoms with E-state index in [1.165, 1.54) is 19.4 Å². The van der Waals surface area contributed by atoms with Gasteiger partial charge in [0.2, 0.25) is 0 Å². The van der Waals surface area contributed by atoms with Crippen molar-refractivity contribution in [3.63, 3.8) is 0 Å². The van der Waals surface area contributed by atoms with Crippen molar-refractivity contribution in [1.82, 2.24) is 4.90 Å². The summed E-state index contributed by atoms with van der Waals surface area (Å²) in [6, 6.07) is 0. The average molecular weight is 583 g/mol. The summed E-state index contributed by atoms with van der Waals surface area (Å²) in [7, 11) is 5.12. The van der Waals surface area contributed by atoms with E-state index in [0.29, 0.717) is 0 Å². The maximum atomic E-state index is 2.46. The molecular weight excluding hydrogens is 551 g/mol. The van der Waals surface area contributed by atoms with Gasteiger partial charge >= 0.3 is 49.6 Å². The Labute approximate surface area is 151 Å². The van der Waals surface area contributed by atoms with Gasteiger partial charge in [-0.2, -0.15) is 0 Å². The topological polar surface area (TPSA) is 3.24 Å². The van der Waals surface area contributed by atoms with Gasteiger partial charge in [0.15, 0.2) is 0 Å². The molecule has 0 N–H and O–H groups in total. The standard InChI is InChI=1S/C14H29N.CH3.2HI.Rh/c1-10-11(2)13(4)14(12(10)3)8-7-9-15(5)6;;;;/h10-14H,7-9H2,1-6H3;1H3;2*1H;/q;-1;;;+2/p-2. The molecule has 19 heavy (non-hydrogen) atoms. The molecule has 1 aliphatic carbocycles. The van der Waals surface area contributed by atoms with Crippen molar-refractivity contribution in [2.45, 2.75) is 40.5 Å². The number of rotatable bonds is 4. The molecule has 0 aromatic rings. The van der Waals surface area contributed by atoms with Crippen LogP contribution in [0.1, 0.15) is 40.5 Å². The Bertz CT molecular complexity index is 200. The number of halogens is 2. The Hall–Kier alpha value is 2.04. The Morgan fingerprint density at radius 1 is 0.895 bits per heavy atom. The molecule has 0 bridgehead atoms. The first kappa shape index (κ1) is 23.3. The zero-order valence-electron chi connectivity index (χ0n) is 13.5. The van der Waals surface area contributed by atoms with Gasteiger partial charge in [-0.1, -0.05) is 27.7 Å². The van der Waals surface area contributed by atoms with Crippen molar-refractivity contribution < 1.29 is 10.1 Å². The molecule has 0 heterocycles. The van der Waals surface area contributed by atoms with Crippen LogP contribution in [0.3, 0.4) is 0 Å². The minimum atomic E-state index is 0. The van der Waals surface area contributed by atoms with Crippen LogP contribution in [0.4, 0.5) is 0 Å². The summed E-state index contributed by atoms with van der Waals surface area (Å²) in [6.07, 6.45) is 2.79. The van der Waals surface area contributed by atoms with E-state index in [2.05, 4.69) is 86.2 Å². The van der Waals surface area contributed by atoms with Gasteiger partial charge in [0.1, 0.15) is 0 Å². The predicted octanol–water partition coefficient (Wildman–Crippen LogP) is 5.72. The van der Waals surface area contributed by atoms with Crippen molar-refractivity contribution in [3.8, 4) is 0 Å². The van der Waals surface area contributed by atoms with Crippen LogP contribution < -0.4 is 0 Å². The molecule has 4 atom stereocenters. The van der Waals surface area contributed by atoms with E-state index in [4.69, 9.17) is 0 Å².